The number of halogens is 3. The van der Waals surface area contributed by atoms with Gasteiger partial charge in [-0.25, -0.2) is 4.39 Å². The molecule has 4 heteroatoms. The van der Waals surface area contributed by atoms with Gasteiger partial charge in [0.2, 0.25) is 0 Å². The Morgan fingerprint density at radius 1 is 1.50 bits per heavy atom. The topological polar surface area (TPSA) is 0 Å². The van der Waals surface area contributed by atoms with Gasteiger partial charge >= 0.3 is 0 Å². The first-order valence-electron chi connectivity index (χ1n) is 2.12. The molecule has 0 spiro atoms. The monoisotopic (exact) mass is 321 g/mol. The second kappa shape index (κ2) is 6.50. The maximum atomic E-state index is 12.2. The average molecular weight is 323 g/mol. The zero-order valence-electron chi connectivity index (χ0n) is 5.10. The van der Waals surface area contributed by atoms with Crippen LogP contribution in [0.25, 0.3) is 0 Å². The first kappa shape index (κ1) is 13.4. The number of hydrogen-bond donors (Lipinski definition) is 0. The Bertz CT molecular complexity index is 174. The number of rotatable bonds is 0. The fourth-order valence-electron chi connectivity index (χ4n) is 0.391. The molecule has 0 nitrogen and oxygen atoms in total. The van der Waals surface area contributed by atoms with Gasteiger partial charge in [-0.15, -0.1) is 30.0 Å². The molecule has 10 heavy (non-hydrogen) atoms. The van der Waals surface area contributed by atoms with Crippen molar-refractivity contribution >= 4 is 35.6 Å². The van der Waals surface area contributed by atoms with Gasteiger partial charge in [-0.2, -0.15) is 29.8 Å². The fourth-order valence-corrected chi connectivity index (χ4v) is 0.517. The van der Waals surface area contributed by atoms with E-state index in [1.165, 1.54) is 18.2 Å². The Kier molecular flexibility index (Phi) is 8.70. The second-order valence-corrected chi connectivity index (χ2v) is 1.75. The van der Waals surface area contributed by atoms with E-state index in [4.69, 9.17) is 11.6 Å². The predicted octanol–water partition coefficient (Wildman–Crippen LogP) is 2.89. The number of hydrogen-bond acceptors (Lipinski definition) is 0. The van der Waals surface area contributed by atoms with Gasteiger partial charge in [-0.05, 0) is 5.02 Å². The third-order valence-corrected chi connectivity index (χ3v) is 1.05. The molecule has 52 valence electrons. The van der Waals surface area contributed by atoms with Gasteiger partial charge in [0.05, 0.1) is 0 Å². The van der Waals surface area contributed by atoms with E-state index >= 15 is 0 Å². The Morgan fingerprint density at radius 3 is 2.40 bits per heavy atom. The molecule has 0 aliphatic rings. The zero-order valence-corrected chi connectivity index (χ0v) is 11.2. The van der Waals surface area contributed by atoms with Crippen LogP contribution in [0.3, 0.4) is 0 Å². The molecular formula is C6H4ClFIZn-. The van der Waals surface area contributed by atoms with Crippen molar-refractivity contribution in [3.8, 4) is 0 Å². The second-order valence-electron chi connectivity index (χ2n) is 1.34. The average Bonchev–Trinajstić information content (AvgIpc) is 1.77. The minimum atomic E-state index is -0.398. The van der Waals surface area contributed by atoms with Crippen LogP contribution in [-0.2, 0) is 19.5 Å². The van der Waals surface area contributed by atoms with E-state index in [1.807, 2.05) is 0 Å². The summed E-state index contributed by atoms with van der Waals surface area (Å²) in [5, 5.41) is 0.118. The van der Waals surface area contributed by atoms with E-state index in [1.54, 1.807) is 0 Å². The summed E-state index contributed by atoms with van der Waals surface area (Å²) in [6.45, 7) is 0. The summed E-state index contributed by atoms with van der Waals surface area (Å²) in [7, 11) is 0. The summed E-state index contributed by atoms with van der Waals surface area (Å²) in [6.07, 6.45) is 0. The van der Waals surface area contributed by atoms with Crippen LogP contribution >= 0.6 is 35.6 Å². The maximum Gasteiger partial charge on any atom is 0.0331 e. The largest absolute Gasteiger partial charge is 0.234 e. The van der Waals surface area contributed by atoms with E-state index in [-0.39, 0.29) is 48.5 Å². The zero-order chi connectivity index (χ0) is 5.98. The Morgan fingerprint density at radius 2 is 2.10 bits per heavy atom. The quantitative estimate of drug-likeness (QED) is 0.391. The molecule has 0 radical (unpaired) electrons. The molecule has 1 aromatic carbocycles. The molecule has 0 atom stereocenters. The molecule has 0 amide bonds. The molecule has 0 saturated carbocycles. The van der Waals surface area contributed by atoms with Gasteiger partial charge < -0.3 is 0 Å². The van der Waals surface area contributed by atoms with E-state index in [2.05, 4.69) is 6.07 Å². The molecule has 0 fully saturated rings. The van der Waals surface area contributed by atoms with Crippen LogP contribution in [0, 0.1) is 11.9 Å². The molecule has 0 aromatic heterocycles. The molecule has 0 aliphatic carbocycles. The van der Waals surface area contributed by atoms with Crippen LogP contribution in [0.5, 0.6) is 0 Å². The molecule has 1 aromatic rings. The molecule has 0 heterocycles. The molecule has 1 rings (SSSR count). The third kappa shape index (κ3) is 3.84. The van der Waals surface area contributed by atoms with E-state index in [0.717, 1.165) is 0 Å². The molecule has 0 N–H and O–H groups in total. The number of benzene rings is 1. The van der Waals surface area contributed by atoms with Crippen molar-refractivity contribution < 1.29 is 23.9 Å². The maximum absolute atomic E-state index is 12.2. The molecule has 0 unspecified atom stereocenters. The minimum Gasteiger partial charge on any atom is -0.234 e. The van der Waals surface area contributed by atoms with Crippen molar-refractivity contribution in [2.75, 3.05) is 0 Å². The van der Waals surface area contributed by atoms with Crippen LogP contribution in [-0.4, -0.2) is 0 Å². The van der Waals surface area contributed by atoms with Crippen molar-refractivity contribution in [1.29, 1.82) is 0 Å². The van der Waals surface area contributed by atoms with Gasteiger partial charge in [-0.3, -0.25) is 0 Å². The van der Waals surface area contributed by atoms with Crippen molar-refractivity contribution in [1.82, 2.24) is 0 Å². The minimum absolute atomic E-state index is 0. The predicted molar refractivity (Wildman–Crippen MR) is 45.7 cm³/mol. The normalized spacial score (nSPS) is 7.40. The first-order valence-corrected chi connectivity index (χ1v) is 2.49. The molecular weight excluding hydrogens is 319 g/mol. The standard InChI is InChI=1S/C6H3ClF.HI.Zn/c7-5-3-1-2-4-6(5)8;;/h2-4H;1H;/q-1;;. The molecule has 0 bridgehead atoms. The van der Waals surface area contributed by atoms with E-state index < -0.39 is 5.82 Å². The summed E-state index contributed by atoms with van der Waals surface area (Å²) in [6, 6.07) is 6.75. The summed E-state index contributed by atoms with van der Waals surface area (Å²) in [5.41, 5.74) is 0. The Labute approximate surface area is 93.9 Å². The summed E-state index contributed by atoms with van der Waals surface area (Å²) in [4.78, 5) is 0. The van der Waals surface area contributed by atoms with Crippen molar-refractivity contribution in [2.45, 2.75) is 0 Å². The van der Waals surface area contributed by atoms with Gasteiger partial charge in [0, 0.05) is 25.3 Å². The van der Waals surface area contributed by atoms with Gasteiger partial charge in [-0.1, -0.05) is 0 Å². The fraction of sp³-hybridized carbons (Fsp3) is 0. The van der Waals surface area contributed by atoms with Crippen molar-refractivity contribution in [3.05, 3.63) is 35.1 Å². The van der Waals surface area contributed by atoms with E-state index in [9.17, 15) is 4.39 Å². The van der Waals surface area contributed by atoms with E-state index in [0.29, 0.717) is 0 Å². The van der Waals surface area contributed by atoms with Crippen LogP contribution in [0.1, 0.15) is 0 Å². The summed E-state index contributed by atoms with van der Waals surface area (Å²) >= 11 is 5.30. The molecule has 0 saturated heterocycles. The van der Waals surface area contributed by atoms with Crippen LogP contribution in [0.2, 0.25) is 5.02 Å². The van der Waals surface area contributed by atoms with Crippen molar-refractivity contribution in [3.63, 3.8) is 0 Å². The van der Waals surface area contributed by atoms with Gasteiger partial charge in [0.15, 0.2) is 0 Å². The van der Waals surface area contributed by atoms with Crippen molar-refractivity contribution in [2.24, 2.45) is 0 Å². The SMILES string of the molecule is Fc1cc[c-]cc1Cl.I.[Zn]. The van der Waals surface area contributed by atoms with Gasteiger partial charge in [0.25, 0.3) is 0 Å². The smallest absolute Gasteiger partial charge is 0.0331 e. The summed E-state index contributed by atoms with van der Waals surface area (Å²) < 4.78 is 12.2. The third-order valence-electron chi connectivity index (χ3n) is 0.764. The van der Waals surface area contributed by atoms with Crippen LogP contribution in [0.4, 0.5) is 4.39 Å². The van der Waals surface area contributed by atoms with Crippen LogP contribution < -0.4 is 0 Å². The Hall–Kier alpha value is 0.793. The van der Waals surface area contributed by atoms with Crippen LogP contribution in [0.15, 0.2) is 18.2 Å². The molecule has 0 aliphatic heterocycles. The first-order chi connectivity index (χ1) is 3.80. The Balaban J connectivity index is 0. The summed E-state index contributed by atoms with van der Waals surface area (Å²) in [5.74, 6) is -0.398. The van der Waals surface area contributed by atoms with Gasteiger partial charge in [0.1, 0.15) is 0 Å².